The van der Waals surface area contributed by atoms with Crippen molar-refractivity contribution in [2.45, 2.75) is 71.3 Å². The third kappa shape index (κ3) is 2.48. The number of nitrogens with zero attached hydrogens (tertiary/aromatic N) is 4. The van der Waals surface area contributed by atoms with Crippen LogP contribution in [-0.2, 0) is 12.4 Å². The van der Waals surface area contributed by atoms with Crippen LogP contribution in [0.5, 0.6) is 0 Å². The van der Waals surface area contributed by atoms with Gasteiger partial charge in [-0.15, -0.1) is 11.6 Å². The molecular formula is C16H25ClN4. The molecule has 1 aliphatic rings. The highest BCUT2D eigenvalue weighted by Crippen LogP contribution is 2.36. The van der Waals surface area contributed by atoms with Crippen molar-refractivity contribution in [2.75, 3.05) is 0 Å². The molecule has 1 unspecified atom stereocenters. The number of aryl methyl sites for hydroxylation is 2. The van der Waals surface area contributed by atoms with Gasteiger partial charge in [-0.25, -0.2) is 9.67 Å². The van der Waals surface area contributed by atoms with Crippen LogP contribution in [0.25, 0.3) is 11.2 Å². The lowest BCUT2D eigenvalue weighted by Gasteiger charge is -2.30. The minimum Gasteiger partial charge on any atom is -0.309 e. The molecule has 116 valence electrons. The van der Waals surface area contributed by atoms with Gasteiger partial charge in [0.05, 0.1) is 11.6 Å². The number of aromatic nitrogens is 4. The summed E-state index contributed by atoms with van der Waals surface area (Å²) in [5.41, 5.74) is 3.19. The van der Waals surface area contributed by atoms with E-state index in [9.17, 15) is 0 Å². The van der Waals surface area contributed by atoms with Gasteiger partial charge < -0.3 is 4.57 Å². The third-order valence-electron chi connectivity index (χ3n) is 4.98. The summed E-state index contributed by atoms with van der Waals surface area (Å²) in [6.45, 7) is 7.37. The first-order chi connectivity index (χ1) is 10.2. The molecule has 1 saturated carbocycles. The van der Waals surface area contributed by atoms with E-state index in [0.717, 1.165) is 35.1 Å². The largest absolute Gasteiger partial charge is 0.309 e. The van der Waals surface area contributed by atoms with E-state index in [-0.39, 0.29) is 0 Å². The quantitative estimate of drug-likeness (QED) is 0.783. The van der Waals surface area contributed by atoms with Crippen LogP contribution in [0.15, 0.2) is 0 Å². The zero-order valence-corrected chi connectivity index (χ0v) is 14.0. The molecule has 0 amide bonds. The van der Waals surface area contributed by atoms with Gasteiger partial charge in [0, 0.05) is 12.6 Å². The van der Waals surface area contributed by atoms with Crippen molar-refractivity contribution >= 4 is 22.8 Å². The number of rotatable bonds is 4. The Morgan fingerprint density at radius 3 is 2.62 bits per heavy atom. The second kappa shape index (κ2) is 5.99. The topological polar surface area (TPSA) is 35.6 Å². The molecule has 0 N–H and O–H groups in total. The van der Waals surface area contributed by atoms with Crippen LogP contribution < -0.4 is 0 Å². The van der Waals surface area contributed by atoms with Gasteiger partial charge in [-0.3, -0.25) is 0 Å². The molecule has 4 nitrogen and oxygen atoms in total. The molecule has 0 spiro atoms. The van der Waals surface area contributed by atoms with Gasteiger partial charge in [-0.2, -0.15) is 5.10 Å². The Labute approximate surface area is 131 Å². The van der Waals surface area contributed by atoms with E-state index in [1.807, 2.05) is 6.92 Å². The number of hydrogen-bond acceptors (Lipinski definition) is 2. The van der Waals surface area contributed by atoms with Gasteiger partial charge in [0.1, 0.15) is 11.3 Å². The van der Waals surface area contributed by atoms with Crippen LogP contribution in [0, 0.1) is 12.8 Å². The Morgan fingerprint density at radius 2 is 2.00 bits per heavy atom. The Morgan fingerprint density at radius 1 is 1.29 bits per heavy atom. The number of halogens is 1. The SMILES string of the molecule is CCn1nc(C)c2nc(CCl)n(C(C)C3CCCCC3)c21. The van der Waals surface area contributed by atoms with Crippen molar-refractivity contribution in [3.63, 3.8) is 0 Å². The smallest absolute Gasteiger partial charge is 0.159 e. The van der Waals surface area contributed by atoms with Gasteiger partial charge >= 0.3 is 0 Å². The van der Waals surface area contributed by atoms with Crippen LogP contribution in [-0.4, -0.2) is 19.3 Å². The molecular weight excluding hydrogens is 284 g/mol. The molecule has 2 aromatic rings. The van der Waals surface area contributed by atoms with Crippen molar-refractivity contribution in [3.05, 3.63) is 11.5 Å². The first-order valence-corrected chi connectivity index (χ1v) is 8.71. The van der Waals surface area contributed by atoms with Crippen LogP contribution >= 0.6 is 11.6 Å². The lowest BCUT2D eigenvalue weighted by Crippen LogP contribution is -2.22. The molecule has 1 atom stereocenters. The van der Waals surface area contributed by atoms with Gasteiger partial charge in [0.25, 0.3) is 0 Å². The molecule has 2 heterocycles. The summed E-state index contributed by atoms with van der Waals surface area (Å²) < 4.78 is 4.44. The maximum Gasteiger partial charge on any atom is 0.159 e. The van der Waals surface area contributed by atoms with Gasteiger partial charge in [0.2, 0.25) is 0 Å². The number of fused-ring (bicyclic) bond motifs is 1. The standard InChI is InChI=1S/C16H25ClN4/c1-4-20-16-15(11(2)19-20)18-14(10-17)21(16)12(3)13-8-6-5-7-9-13/h12-13H,4-10H2,1-3H3. The van der Waals surface area contributed by atoms with Gasteiger partial charge in [-0.1, -0.05) is 19.3 Å². The van der Waals surface area contributed by atoms with E-state index in [1.165, 1.54) is 32.1 Å². The Bertz CT molecular complexity index is 622. The minimum absolute atomic E-state index is 0.449. The van der Waals surface area contributed by atoms with Gasteiger partial charge in [-0.05, 0) is 39.5 Å². The summed E-state index contributed by atoms with van der Waals surface area (Å²) in [5.74, 6) is 2.19. The van der Waals surface area contributed by atoms with E-state index >= 15 is 0 Å². The Hall–Kier alpha value is -1.03. The second-order valence-electron chi connectivity index (χ2n) is 6.24. The van der Waals surface area contributed by atoms with Crippen molar-refractivity contribution < 1.29 is 0 Å². The average molecular weight is 309 g/mol. The van der Waals surface area contributed by atoms with Crippen LogP contribution in [0.1, 0.15) is 63.5 Å². The van der Waals surface area contributed by atoms with Crippen molar-refractivity contribution in [3.8, 4) is 0 Å². The Balaban J connectivity index is 2.10. The highest BCUT2D eigenvalue weighted by atomic mass is 35.5. The predicted octanol–water partition coefficient (Wildman–Crippen LogP) is 4.44. The lowest BCUT2D eigenvalue weighted by atomic mass is 9.84. The zero-order valence-electron chi connectivity index (χ0n) is 13.3. The maximum atomic E-state index is 6.18. The fraction of sp³-hybridized carbons (Fsp3) is 0.750. The number of hydrogen-bond donors (Lipinski definition) is 0. The normalized spacial score (nSPS) is 18.5. The van der Waals surface area contributed by atoms with Crippen LogP contribution in [0.2, 0.25) is 0 Å². The van der Waals surface area contributed by atoms with E-state index in [4.69, 9.17) is 16.6 Å². The molecule has 5 heteroatoms. The van der Waals surface area contributed by atoms with Crippen LogP contribution in [0.4, 0.5) is 0 Å². The first kappa shape index (κ1) is 14.9. The fourth-order valence-corrected chi connectivity index (χ4v) is 3.99. The molecule has 0 aliphatic heterocycles. The highest BCUT2D eigenvalue weighted by Gasteiger charge is 2.27. The summed E-state index contributed by atoms with van der Waals surface area (Å²) >= 11 is 6.18. The highest BCUT2D eigenvalue weighted by molar-refractivity contribution is 6.16. The second-order valence-corrected chi connectivity index (χ2v) is 6.51. The van der Waals surface area contributed by atoms with E-state index in [2.05, 4.69) is 28.2 Å². The van der Waals surface area contributed by atoms with Crippen molar-refractivity contribution in [1.29, 1.82) is 0 Å². The van der Waals surface area contributed by atoms with E-state index < -0.39 is 0 Å². The molecule has 2 aromatic heterocycles. The molecule has 0 aromatic carbocycles. The van der Waals surface area contributed by atoms with Gasteiger partial charge in [0.15, 0.2) is 5.65 Å². The zero-order chi connectivity index (χ0) is 15.0. The van der Waals surface area contributed by atoms with Crippen molar-refractivity contribution in [2.24, 2.45) is 5.92 Å². The summed E-state index contributed by atoms with van der Waals surface area (Å²) in [4.78, 5) is 4.76. The van der Waals surface area contributed by atoms with Crippen molar-refractivity contribution in [1.82, 2.24) is 19.3 Å². The maximum absolute atomic E-state index is 6.18. The molecule has 3 rings (SSSR count). The number of imidazole rings is 1. The lowest BCUT2D eigenvalue weighted by molar-refractivity contribution is 0.263. The first-order valence-electron chi connectivity index (χ1n) is 8.17. The molecule has 0 saturated heterocycles. The molecule has 21 heavy (non-hydrogen) atoms. The third-order valence-corrected chi connectivity index (χ3v) is 5.21. The summed E-state index contributed by atoms with van der Waals surface area (Å²) in [7, 11) is 0. The summed E-state index contributed by atoms with van der Waals surface area (Å²) in [6, 6.07) is 0.449. The summed E-state index contributed by atoms with van der Waals surface area (Å²) in [5, 5.41) is 4.62. The fourth-order valence-electron chi connectivity index (χ4n) is 3.80. The summed E-state index contributed by atoms with van der Waals surface area (Å²) in [6.07, 6.45) is 6.74. The minimum atomic E-state index is 0.449. The number of alkyl halides is 1. The molecule has 0 radical (unpaired) electrons. The molecule has 1 fully saturated rings. The molecule has 1 aliphatic carbocycles. The van der Waals surface area contributed by atoms with E-state index in [1.54, 1.807) is 0 Å². The Kier molecular flexibility index (Phi) is 4.25. The molecule has 0 bridgehead atoms. The van der Waals surface area contributed by atoms with E-state index in [0.29, 0.717) is 11.9 Å². The predicted molar refractivity (Wildman–Crippen MR) is 86.8 cm³/mol. The average Bonchev–Trinajstić information content (AvgIpc) is 3.05. The van der Waals surface area contributed by atoms with Crippen LogP contribution in [0.3, 0.4) is 0 Å². The monoisotopic (exact) mass is 308 g/mol.